The summed E-state index contributed by atoms with van der Waals surface area (Å²) >= 11 is 0. The smallest absolute Gasteiger partial charge is 0.386 e. The lowest BCUT2D eigenvalue weighted by Gasteiger charge is -2.18. The van der Waals surface area contributed by atoms with Crippen LogP contribution in [0.4, 0.5) is 24.7 Å². The van der Waals surface area contributed by atoms with Gasteiger partial charge in [-0.25, -0.2) is 15.0 Å². The number of nitrogens with zero attached hydrogens (tertiary/aromatic N) is 4. The number of anilines is 2. The van der Waals surface area contributed by atoms with Crippen molar-refractivity contribution in [3.8, 4) is 11.4 Å². The van der Waals surface area contributed by atoms with Crippen LogP contribution in [0.15, 0.2) is 54.9 Å². The summed E-state index contributed by atoms with van der Waals surface area (Å²) in [6.45, 7) is 8.14. The fraction of sp³-hybridized carbons (Fsp3) is 0.333. The van der Waals surface area contributed by atoms with E-state index in [0.29, 0.717) is 40.7 Å². The van der Waals surface area contributed by atoms with Crippen molar-refractivity contribution in [2.45, 2.75) is 46.1 Å². The fourth-order valence-electron chi connectivity index (χ4n) is 3.67. The Kier molecular flexibility index (Phi) is 7.42. The van der Waals surface area contributed by atoms with Crippen LogP contribution in [0, 0.1) is 5.92 Å². The Morgan fingerprint density at radius 2 is 1.81 bits per heavy atom. The minimum absolute atomic E-state index is 0.0618. The van der Waals surface area contributed by atoms with Crippen LogP contribution in [0.25, 0.3) is 22.4 Å². The van der Waals surface area contributed by atoms with Gasteiger partial charge >= 0.3 is 6.18 Å². The van der Waals surface area contributed by atoms with E-state index in [2.05, 4.69) is 25.3 Å². The van der Waals surface area contributed by atoms with E-state index in [1.165, 1.54) is 18.3 Å². The molecule has 0 radical (unpaired) electrons. The molecule has 0 bridgehead atoms. The number of aromatic nitrogens is 4. The van der Waals surface area contributed by atoms with Crippen molar-refractivity contribution in [2.24, 2.45) is 5.92 Å². The molecule has 0 aliphatic rings. The summed E-state index contributed by atoms with van der Waals surface area (Å²) in [5.41, 5.74) is -0.0203. The number of halogens is 3. The van der Waals surface area contributed by atoms with Gasteiger partial charge in [-0.15, -0.1) is 0 Å². The highest BCUT2D eigenvalue weighted by atomic mass is 19.4. The van der Waals surface area contributed by atoms with Crippen molar-refractivity contribution in [2.75, 3.05) is 11.9 Å². The topological polar surface area (TPSA) is 93.0 Å². The van der Waals surface area contributed by atoms with Crippen LogP contribution in [0.2, 0.25) is 0 Å². The fourth-order valence-corrected chi connectivity index (χ4v) is 3.67. The van der Waals surface area contributed by atoms with Crippen molar-refractivity contribution in [1.82, 2.24) is 19.9 Å². The minimum atomic E-state index is -4.58. The van der Waals surface area contributed by atoms with Gasteiger partial charge in [0, 0.05) is 30.0 Å². The number of pyridine rings is 4. The lowest BCUT2D eigenvalue weighted by atomic mass is 10.0. The molecule has 0 aromatic carbocycles. The number of rotatable bonds is 8. The van der Waals surface area contributed by atoms with Gasteiger partial charge < -0.3 is 15.2 Å². The lowest BCUT2D eigenvalue weighted by molar-refractivity contribution is -0.137. The van der Waals surface area contributed by atoms with E-state index >= 15 is 0 Å². The number of ether oxygens (including phenoxy) is 1. The van der Waals surface area contributed by atoms with Gasteiger partial charge in [0.1, 0.15) is 11.5 Å². The number of nitrogens with one attached hydrogen (secondary N) is 1. The maximum absolute atomic E-state index is 13.6. The Bertz CT molecular complexity index is 1380. The molecule has 10 heteroatoms. The third kappa shape index (κ3) is 6.39. The van der Waals surface area contributed by atoms with Gasteiger partial charge in [-0.05, 0) is 56.2 Å². The van der Waals surface area contributed by atoms with E-state index < -0.39 is 17.3 Å². The number of alkyl halides is 3. The number of fused-ring (bicyclic) bond motifs is 1. The molecule has 0 aliphatic carbocycles. The highest BCUT2D eigenvalue weighted by molar-refractivity contribution is 5.92. The molecule has 37 heavy (non-hydrogen) atoms. The molecule has 7 nitrogen and oxygen atoms in total. The van der Waals surface area contributed by atoms with Crippen LogP contribution in [0.3, 0.4) is 0 Å². The van der Waals surface area contributed by atoms with Crippen molar-refractivity contribution in [3.63, 3.8) is 0 Å². The summed E-state index contributed by atoms with van der Waals surface area (Å²) in [6.07, 6.45) is -1.70. The SMILES string of the molecule is CC(C)COCc1cc(Nc2ccc(C(C)(C)O)cn2)c2ccc(-c3ncccc3C(F)(F)F)nc2n1. The molecule has 0 fully saturated rings. The first-order valence-electron chi connectivity index (χ1n) is 11.8. The summed E-state index contributed by atoms with van der Waals surface area (Å²) in [6, 6.07) is 10.7. The van der Waals surface area contributed by atoms with Gasteiger partial charge in [0.25, 0.3) is 0 Å². The summed E-state index contributed by atoms with van der Waals surface area (Å²) in [5, 5.41) is 14.0. The van der Waals surface area contributed by atoms with Gasteiger partial charge in [-0.1, -0.05) is 19.9 Å². The highest BCUT2D eigenvalue weighted by Crippen LogP contribution is 2.36. The van der Waals surface area contributed by atoms with E-state index in [-0.39, 0.29) is 23.6 Å². The summed E-state index contributed by atoms with van der Waals surface area (Å²) in [7, 11) is 0. The van der Waals surface area contributed by atoms with Crippen LogP contribution in [-0.2, 0) is 23.1 Å². The Morgan fingerprint density at radius 3 is 2.46 bits per heavy atom. The molecule has 4 aromatic heterocycles. The molecule has 0 atom stereocenters. The van der Waals surface area contributed by atoms with E-state index in [0.717, 1.165) is 6.07 Å². The van der Waals surface area contributed by atoms with Crippen LogP contribution >= 0.6 is 0 Å². The van der Waals surface area contributed by atoms with Gasteiger partial charge in [0.05, 0.1) is 34.8 Å². The molecule has 4 heterocycles. The summed E-state index contributed by atoms with van der Waals surface area (Å²) in [4.78, 5) is 17.3. The van der Waals surface area contributed by atoms with Crippen molar-refractivity contribution in [3.05, 3.63) is 71.7 Å². The predicted octanol–water partition coefficient (Wildman–Crippen LogP) is 6.25. The first kappa shape index (κ1) is 26.4. The van der Waals surface area contributed by atoms with Crippen molar-refractivity contribution in [1.29, 1.82) is 0 Å². The van der Waals surface area contributed by atoms with Gasteiger partial charge in [-0.2, -0.15) is 13.2 Å². The molecule has 194 valence electrons. The second-order valence-corrected chi connectivity index (χ2v) is 9.65. The number of hydrogen-bond donors (Lipinski definition) is 2. The van der Waals surface area contributed by atoms with Crippen LogP contribution in [0.1, 0.15) is 44.5 Å². The van der Waals surface area contributed by atoms with E-state index in [1.807, 2.05) is 13.8 Å². The third-order valence-corrected chi connectivity index (χ3v) is 5.52. The maximum atomic E-state index is 13.6. The second kappa shape index (κ2) is 10.4. The van der Waals surface area contributed by atoms with Gasteiger partial charge in [0.2, 0.25) is 0 Å². The summed E-state index contributed by atoms with van der Waals surface area (Å²) < 4.78 is 46.5. The molecule has 0 amide bonds. The molecule has 0 aliphatic heterocycles. The molecule has 2 N–H and O–H groups in total. The van der Waals surface area contributed by atoms with Crippen LogP contribution < -0.4 is 5.32 Å². The van der Waals surface area contributed by atoms with Crippen LogP contribution in [0.5, 0.6) is 0 Å². The number of hydrogen-bond acceptors (Lipinski definition) is 7. The zero-order valence-corrected chi connectivity index (χ0v) is 21.0. The van der Waals surface area contributed by atoms with E-state index in [1.54, 1.807) is 44.3 Å². The standard InChI is InChI=1S/C27H28F3N5O2/c1-16(2)14-37-15-18-12-22(34-23-10-7-17(13-32-23)26(3,4)36)19-8-9-21(35-25(19)33-18)24-20(27(28,29)30)6-5-11-31-24/h5-13,16,36H,14-15H2,1-4H3,(H,32,33,34,35). The maximum Gasteiger partial charge on any atom is 0.418 e. The highest BCUT2D eigenvalue weighted by Gasteiger charge is 2.34. The number of aliphatic hydroxyl groups is 1. The minimum Gasteiger partial charge on any atom is -0.386 e. The first-order chi connectivity index (χ1) is 17.4. The molecule has 4 aromatic rings. The van der Waals surface area contributed by atoms with Gasteiger partial charge in [0.15, 0.2) is 5.65 Å². The Morgan fingerprint density at radius 1 is 1.03 bits per heavy atom. The molecule has 0 unspecified atom stereocenters. The molecule has 0 saturated heterocycles. The Hall–Kier alpha value is -3.63. The second-order valence-electron chi connectivity index (χ2n) is 9.65. The average Bonchev–Trinajstić information content (AvgIpc) is 2.83. The van der Waals surface area contributed by atoms with Crippen molar-refractivity contribution >= 4 is 22.5 Å². The Labute approximate surface area is 212 Å². The van der Waals surface area contributed by atoms with Crippen LogP contribution in [-0.4, -0.2) is 31.6 Å². The average molecular weight is 512 g/mol. The third-order valence-electron chi connectivity index (χ3n) is 5.52. The molecule has 0 saturated carbocycles. The summed E-state index contributed by atoms with van der Waals surface area (Å²) in [5.74, 6) is 0.842. The monoisotopic (exact) mass is 511 g/mol. The lowest BCUT2D eigenvalue weighted by Crippen LogP contribution is -2.15. The zero-order chi connectivity index (χ0) is 26.8. The predicted molar refractivity (Wildman–Crippen MR) is 135 cm³/mol. The van der Waals surface area contributed by atoms with E-state index in [9.17, 15) is 18.3 Å². The molecular formula is C27H28F3N5O2. The van der Waals surface area contributed by atoms with Crippen molar-refractivity contribution < 1.29 is 23.0 Å². The quantitative estimate of drug-likeness (QED) is 0.289. The van der Waals surface area contributed by atoms with Gasteiger partial charge in [-0.3, -0.25) is 4.98 Å². The largest absolute Gasteiger partial charge is 0.418 e. The first-order valence-corrected chi connectivity index (χ1v) is 11.8. The molecule has 0 spiro atoms. The molecule has 4 rings (SSSR count). The Balaban J connectivity index is 1.77. The normalized spacial score (nSPS) is 12.4. The van der Waals surface area contributed by atoms with E-state index in [4.69, 9.17) is 4.74 Å². The molecular weight excluding hydrogens is 483 g/mol. The zero-order valence-electron chi connectivity index (χ0n) is 21.0.